The molecule has 0 aliphatic rings. The van der Waals surface area contributed by atoms with Crippen molar-refractivity contribution >= 4 is 6.09 Å². The largest absolute Gasteiger partial charge is 0.495 e. The van der Waals surface area contributed by atoms with E-state index in [1.165, 1.54) is 25.6 Å². The van der Waals surface area contributed by atoms with Gasteiger partial charge in [0.25, 0.3) is 0 Å². The highest BCUT2D eigenvalue weighted by Crippen LogP contribution is 2.16. The summed E-state index contributed by atoms with van der Waals surface area (Å²) in [5.74, 6) is 0.774. The number of hydrogen-bond acceptors (Lipinski definition) is 4. The predicted molar refractivity (Wildman–Crippen MR) is 41.0 cm³/mol. The number of hydrogen-bond donors (Lipinski definition) is 1. The predicted octanol–water partition coefficient (Wildman–Crippen LogP) is 0.548. The SMILES string of the molecule is COc1cncc(OC(N)=O)c1. The van der Waals surface area contributed by atoms with Gasteiger partial charge in [-0.3, -0.25) is 4.98 Å². The van der Waals surface area contributed by atoms with Crippen LogP contribution in [0.3, 0.4) is 0 Å². The quantitative estimate of drug-likeness (QED) is 0.699. The van der Waals surface area contributed by atoms with E-state index in [1.807, 2.05) is 0 Å². The van der Waals surface area contributed by atoms with Crippen molar-refractivity contribution in [3.63, 3.8) is 0 Å². The number of amides is 1. The molecule has 1 aromatic heterocycles. The molecule has 1 aromatic rings. The lowest BCUT2D eigenvalue weighted by atomic mass is 10.4. The van der Waals surface area contributed by atoms with E-state index in [1.54, 1.807) is 0 Å². The highest BCUT2D eigenvalue weighted by Gasteiger charge is 1.99. The van der Waals surface area contributed by atoms with Crippen molar-refractivity contribution in [3.8, 4) is 11.5 Å². The number of ether oxygens (including phenoxy) is 2. The Morgan fingerprint density at radius 2 is 2.17 bits per heavy atom. The lowest BCUT2D eigenvalue weighted by Crippen LogP contribution is -2.16. The number of primary amides is 1. The second kappa shape index (κ2) is 3.56. The Hall–Kier alpha value is -1.78. The van der Waals surface area contributed by atoms with Gasteiger partial charge in [0.1, 0.15) is 5.75 Å². The Balaban J connectivity index is 2.79. The molecule has 0 aliphatic carbocycles. The summed E-state index contributed by atoms with van der Waals surface area (Å²) in [5, 5.41) is 0. The van der Waals surface area contributed by atoms with E-state index in [9.17, 15) is 4.79 Å². The van der Waals surface area contributed by atoms with Gasteiger partial charge in [0.2, 0.25) is 0 Å². The standard InChI is InChI=1S/C7H8N2O3/c1-11-5-2-6(4-9-3-5)12-7(8)10/h2-4H,1H3,(H2,8,10). The van der Waals surface area contributed by atoms with Crippen LogP contribution in [0.5, 0.6) is 11.5 Å². The first-order chi connectivity index (χ1) is 5.72. The second-order valence-electron chi connectivity index (χ2n) is 1.98. The minimum Gasteiger partial charge on any atom is -0.495 e. The number of carbonyl (C=O) groups excluding carboxylic acids is 1. The molecule has 0 spiro atoms. The Kier molecular flexibility index (Phi) is 2.47. The molecule has 64 valence electrons. The fourth-order valence-electron chi connectivity index (χ4n) is 0.683. The van der Waals surface area contributed by atoms with E-state index in [0.717, 1.165) is 0 Å². The van der Waals surface area contributed by atoms with Crippen LogP contribution >= 0.6 is 0 Å². The van der Waals surface area contributed by atoms with E-state index in [0.29, 0.717) is 5.75 Å². The van der Waals surface area contributed by atoms with Gasteiger partial charge >= 0.3 is 6.09 Å². The maximum absolute atomic E-state index is 10.3. The van der Waals surface area contributed by atoms with Crippen molar-refractivity contribution in [2.24, 2.45) is 5.73 Å². The summed E-state index contributed by atoms with van der Waals surface area (Å²) < 4.78 is 9.39. The first kappa shape index (κ1) is 8.32. The van der Waals surface area contributed by atoms with Crippen LogP contribution in [-0.4, -0.2) is 18.2 Å². The number of nitrogens with two attached hydrogens (primary N) is 1. The molecule has 5 heteroatoms. The van der Waals surface area contributed by atoms with Gasteiger partial charge in [-0.05, 0) is 0 Å². The molecule has 0 saturated carbocycles. The zero-order valence-corrected chi connectivity index (χ0v) is 6.48. The third-order valence-corrected chi connectivity index (χ3v) is 1.14. The number of pyridine rings is 1. The average molecular weight is 168 g/mol. The van der Waals surface area contributed by atoms with E-state index in [4.69, 9.17) is 10.5 Å². The molecule has 0 fully saturated rings. The molecule has 1 amide bonds. The third kappa shape index (κ3) is 2.12. The Morgan fingerprint density at radius 3 is 2.75 bits per heavy atom. The van der Waals surface area contributed by atoms with Gasteiger partial charge in [0.05, 0.1) is 19.5 Å². The molecular weight excluding hydrogens is 160 g/mol. The minimum atomic E-state index is -0.870. The van der Waals surface area contributed by atoms with Crippen LogP contribution in [0.2, 0.25) is 0 Å². The van der Waals surface area contributed by atoms with E-state index in [2.05, 4.69) is 9.72 Å². The molecule has 5 nitrogen and oxygen atoms in total. The van der Waals surface area contributed by atoms with Gasteiger partial charge in [-0.25, -0.2) is 4.79 Å². The second-order valence-corrected chi connectivity index (χ2v) is 1.98. The average Bonchev–Trinajstić information content (AvgIpc) is 2.03. The molecule has 2 N–H and O–H groups in total. The molecule has 0 radical (unpaired) electrons. The zero-order valence-electron chi connectivity index (χ0n) is 6.48. The third-order valence-electron chi connectivity index (χ3n) is 1.14. The van der Waals surface area contributed by atoms with E-state index in [-0.39, 0.29) is 5.75 Å². The molecule has 0 aliphatic heterocycles. The van der Waals surface area contributed by atoms with Crippen LogP contribution in [0.1, 0.15) is 0 Å². The van der Waals surface area contributed by atoms with Crippen LogP contribution < -0.4 is 15.2 Å². The fourth-order valence-corrected chi connectivity index (χ4v) is 0.683. The van der Waals surface area contributed by atoms with E-state index < -0.39 is 6.09 Å². The highest BCUT2D eigenvalue weighted by atomic mass is 16.5. The molecular formula is C7H8N2O3. The Bertz CT molecular complexity index is 288. The van der Waals surface area contributed by atoms with Crippen molar-refractivity contribution in [1.29, 1.82) is 0 Å². The van der Waals surface area contributed by atoms with E-state index >= 15 is 0 Å². The number of nitrogens with zero attached hydrogens (tertiary/aromatic N) is 1. The zero-order chi connectivity index (χ0) is 8.97. The molecule has 0 unspecified atom stereocenters. The molecule has 12 heavy (non-hydrogen) atoms. The Labute approximate surface area is 69.1 Å². The van der Waals surface area contributed by atoms with Crippen molar-refractivity contribution in [1.82, 2.24) is 4.98 Å². The van der Waals surface area contributed by atoms with Gasteiger partial charge < -0.3 is 15.2 Å². The van der Waals surface area contributed by atoms with Crippen LogP contribution in [0.25, 0.3) is 0 Å². The molecule has 0 saturated heterocycles. The summed E-state index contributed by atoms with van der Waals surface area (Å²) in [6, 6.07) is 1.51. The smallest absolute Gasteiger partial charge is 0.410 e. The fraction of sp³-hybridized carbons (Fsp3) is 0.143. The number of carbonyl (C=O) groups is 1. The molecule has 1 heterocycles. The first-order valence-corrected chi connectivity index (χ1v) is 3.18. The molecule has 1 rings (SSSR count). The molecule has 0 atom stereocenters. The number of rotatable bonds is 2. The maximum atomic E-state index is 10.3. The van der Waals surface area contributed by atoms with Gasteiger partial charge in [-0.15, -0.1) is 0 Å². The number of methoxy groups -OCH3 is 1. The van der Waals surface area contributed by atoms with Crippen LogP contribution in [0, 0.1) is 0 Å². The van der Waals surface area contributed by atoms with Crippen LogP contribution in [-0.2, 0) is 0 Å². The topological polar surface area (TPSA) is 74.4 Å². The van der Waals surface area contributed by atoms with Crippen molar-refractivity contribution in [2.45, 2.75) is 0 Å². The summed E-state index contributed by atoms with van der Waals surface area (Å²) in [6.07, 6.45) is 1.99. The lowest BCUT2D eigenvalue weighted by molar-refractivity contribution is 0.210. The summed E-state index contributed by atoms with van der Waals surface area (Å²) >= 11 is 0. The van der Waals surface area contributed by atoms with Gasteiger partial charge in [-0.2, -0.15) is 0 Å². The van der Waals surface area contributed by atoms with Gasteiger partial charge in [0.15, 0.2) is 5.75 Å². The minimum absolute atomic E-state index is 0.266. The molecule has 0 bridgehead atoms. The van der Waals surface area contributed by atoms with Gasteiger partial charge in [-0.1, -0.05) is 0 Å². The summed E-state index contributed by atoms with van der Waals surface area (Å²) in [4.78, 5) is 14.1. The maximum Gasteiger partial charge on any atom is 0.410 e. The summed E-state index contributed by atoms with van der Waals surface area (Å²) in [7, 11) is 1.49. The molecule has 0 aromatic carbocycles. The normalized spacial score (nSPS) is 9.08. The summed E-state index contributed by atoms with van der Waals surface area (Å²) in [6.45, 7) is 0. The van der Waals surface area contributed by atoms with Crippen molar-refractivity contribution < 1.29 is 14.3 Å². The van der Waals surface area contributed by atoms with Crippen LogP contribution in [0.4, 0.5) is 4.79 Å². The summed E-state index contributed by atoms with van der Waals surface area (Å²) in [5.41, 5.74) is 4.79. The Morgan fingerprint density at radius 1 is 1.50 bits per heavy atom. The lowest BCUT2D eigenvalue weighted by Gasteiger charge is -2.01. The van der Waals surface area contributed by atoms with Crippen molar-refractivity contribution in [3.05, 3.63) is 18.5 Å². The van der Waals surface area contributed by atoms with Gasteiger partial charge in [0, 0.05) is 6.07 Å². The van der Waals surface area contributed by atoms with Crippen molar-refractivity contribution in [2.75, 3.05) is 7.11 Å². The highest BCUT2D eigenvalue weighted by molar-refractivity contribution is 5.68. The monoisotopic (exact) mass is 168 g/mol. The first-order valence-electron chi connectivity index (χ1n) is 3.18. The van der Waals surface area contributed by atoms with Crippen LogP contribution in [0.15, 0.2) is 18.5 Å². The number of aromatic nitrogens is 1.